The van der Waals surface area contributed by atoms with Crippen LogP contribution in [0.5, 0.6) is 0 Å². The Labute approximate surface area is 177 Å². The molecule has 0 amide bonds. The van der Waals surface area contributed by atoms with E-state index >= 15 is 0 Å². The van der Waals surface area contributed by atoms with Gasteiger partial charge in [-0.05, 0) is 44.5 Å². The highest BCUT2D eigenvalue weighted by Crippen LogP contribution is 2.32. The summed E-state index contributed by atoms with van der Waals surface area (Å²) in [6, 6.07) is 9.86. The number of benzene rings is 1. The SMILES string of the molecule is COC1CC(OC(=O)Cc2cc3ccccc3o2)C(N2CCCC2)CC1OC.[Cl-]. The number of furan rings is 1. The fourth-order valence-electron chi connectivity index (χ4n) is 4.64. The molecule has 160 valence electrons. The first-order chi connectivity index (χ1) is 13.7. The first-order valence-corrected chi connectivity index (χ1v) is 10.1. The average Bonchev–Trinajstić information content (AvgIpc) is 3.36. The van der Waals surface area contributed by atoms with E-state index in [1.165, 1.54) is 12.8 Å². The van der Waals surface area contributed by atoms with Crippen molar-refractivity contribution >= 4 is 16.9 Å². The van der Waals surface area contributed by atoms with Crippen LogP contribution in [0.3, 0.4) is 0 Å². The Morgan fingerprint density at radius 1 is 1.07 bits per heavy atom. The Kier molecular flexibility index (Phi) is 7.57. The number of hydrogen-bond acceptors (Lipinski definition) is 6. The number of carbonyl (C=O) groups is 1. The van der Waals surface area contributed by atoms with Crippen molar-refractivity contribution in [1.82, 2.24) is 4.90 Å². The van der Waals surface area contributed by atoms with Crippen molar-refractivity contribution in [2.45, 2.75) is 56.5 Å². The molecule has 4 rings (SSSR count). The predicted molar refractivity (Wildman–Crippen MR) is 105 cm³/mol. The zero-order valence-electron chi connectivity index (χ0n) is 17.0. The second kappa shape index (κ2) is 9.94. The van der Waals surface area contributed by atoms with Gasteiger partial charge in [0.25, 0.3) is 0 Å². The fourth-order valence-corrected chi connectivity index (χ4v) is 4.64. The fraction of sp³-hybridized carbons (Fsp3) is 0.591. The van der Waals surface area contributed by atoms with Gasteiger partial charge in [0.15, 0.2) is 0 Å². The molecule has 1 aromatic heterocycles. The van der Waals surface area contributed by atoms with Gasteiger partial charge in [0.1, 0.15) is 23.9 Å². The zero-order valence-corrected chi connectivity index (χ0v) is 17.8. The average molecular weight is 423 g/mol. The van der Waals surface area contributed by atoms with Crippen LogP contribution in [-0.2, 0) is 25.4 Å². The van der Waals surface area contributed by atoms with Gasteiger partial charge in [0, 0.05) is 32.1 Å². The van der Waals surface area contributed by atoms with Crippen LogP contribution in [0.25, 0.3) is 11.0 Å². The highest BCUT2D eigenvalue weighted by Gasteiger charge is 2.42. The van der Waals surface area contributed by atoms with Gasteiger partial charge in [0.2, 0.25) is 0 Å². The lowest BCUT2D eigenvalue weighted by molar-refractivity contribution is -0.166. The Bertz CT molecular complexity index is 770. The molecule has 1 saturated heterocycles. The third-order valence-corrected chi connectivity index (χ3v) is 6.08. The molecule has 2 aliphatic rings. The molecule has 0 radical (unpaired) electrons. The Balaban J connectivity index is 0.00000240. The second-order valence-corrected chi connectivity index (χ2v) is 7.79. The van der Waals surface area contributed by atoms with E-state index in [9.17, 15) is 4.79 Å². The number of para-hydroxylation sites is 1. The van der Waals surface area contributed by atoms with Crippen molar-refractivity contribution < 1.29 is 35.8 Å². The van der Waals surface area contributed by atoms with Gasteiger partial charge in [-0.1, -0.05) is 18.2 Å². The number of ether oxygens (including phenoxy) is 3. The Morgan fingerprint density at radius 3 is 2.45 bits per heavy atom. The maximum Gasteiger partial charge on any atom is 0.313 e. The smallest absolute Gasteiger partial charge is 0.313 e. The van der Waals surface area contributed by atoms with Crippen LogP contribution in [0.15, 0.2) is 34.7 Å². The zero-order chi connectivity index (χ0) is 19.5. The molecular weight excluding hydrogens is 394 g/mol. The van der Waals surface area contributed by atoms with Crippen molar-refractivity contribution in [3.05, 3.63) is 36.1 Å². The number of carbonyl (C=O) groups excluding carboxylic acids is 1. The molecule has 4 unspecified atom stereocenters. The molecule has 2 fully saturated rings. The summed E-state index contributed by atoms with van der Waals surface area (Å²) in [6.07, 6.45) is 3.78. The van der Waals surface area contributed by atoms with E-state index in [1.54, 1.807) is 14.2 Å². The van der Waals surface area contributed by atoms with E-state index in [2.05, 4.69) is 4.90 Å². The monoisotopic (exact) mass is 422 g/mol. The van der Waals surface area contributed by atoms with Crippen LogP contribution in [0.2, 0.25) is 0 Å². The molecule has 7 heteroatoms. The molecule has 29 heavy (non-hydrogen) atoms. The van der Waals surface area contributed by atoms with Gasteiger partial charge in [-0.15, -0.1) is 0 Å². The van der Waals surface area contributed by atoms with Crippen LogP contribution < -0.4 is 12.4 Å². The van der Waals surface area contributed by atoms with Gasteiger partial charge in [0.05, 0.1) is 12.2 Å². The molecule has 2 aromatic rings. The molecule has 1 aromatic carbocycles. The van der Waals surface area contributed by atoms with Crippen molar-refractivity contribution in [3.63, 3.8) is 0 Å². The molecule has 6 nitrogen and oxygen atoms in total. The number of halogens is 1. The lowest BCUT2D eigenvalue weighted by Crippen LogP contribution is -3.00. The number of rotatable bonds is 6. The van der Waals surface area contributed by atoms with Crippen LogP contribution in [0.1, 0.15) is 31.4 Å². The summed E-state index contributed by atoms with van der Waals surface area (Å²) in [5.74, 6) is 0.386. The summed E-state index contributed by atoms with van der Waals surface area (Å²) in [6.45, 7) is 2.10. The Hall–Kier alpha value is -1.60. The minimum atomic E-state index is -0.251. The molecule has 2 heterocycles. The standard InChI is InChI=1S/C22H29NO5.ClH/c1-25-20-13-17(23-9-5-6-10-23)19(14-21(20)26-2)28-22(24)12-16-11-15-7-3-4-8-18(15)27-16;/h3-4,7-8,11,17,19-21H,5-6,9-10,12-14H2,1-2H3;1H/p-1. The summed E-state index contributed by atoms with van der Waals surface area (Å²) in [5.41, 5.74) is 0.792. The van der Waals surface area contributed by atoms with E-state index < -0.39 is 0 Å². The molecule has 0 bridgehead atoms. The van der Waals surface area contributed by atoms with E-state index in [-0.39, 0.29) is 49.2 Å². The van der Waals surface area contributed by atoms with Gasteiger partial charge in [-0.25, -0.2) is 0 Å². The highest BCUT2D eigenvalue weighted by atomic mass is 35.5. The van der Waals surface area contributed by atoms with Crippen molar-refractivity contribution in [2.75, 3.05) is 27.3 Å². The first kappa shape index (κ1) is 22.1. The molecular formula is C22H29ClNO5-. The van der Waals surface area contributed by atoms with Crippen LogP contribution in [0, 0.1) is 0 Å². The minimum absolute atomic E-state index is 0. The summed E-state index contributed by atoms with van der Waals surface area (Å²) < 4.78 is 23.0. The maximum absolute atomic E-state index is 12.7. The van der Waals surface area contributed by atoms with Gasteiger partial charge in [-0.3, -0.25) is 9.69 Å². The largest absolute Gasteiger partial charge is 1.00 e. The van der Waals surface area contributed by atoms with Crippen molar-refractivity contribution in [3.8, 4) is 0 Å². The third-order valence-electron chi connectivity index (χ3n) is 6.08. The van der Waals surface area contributed by atoms with Gasteiger partial charge in [-0.2, -0.15) is 0 Å². The third kappa shape index (κ3) is 4.94. The summed E-state index contributed by atoms with van der Waals surface area (Å²) in [7, 11) is 3.42. The first-order valence-electron chi connectivity index (χ1n) is 10.1. The summed E-state index contributed by atoms with van der Waals surface area (Å²) >= 11 is 0. The molecule has 1 saturated carbocycles. The second-order valence-electron chi connectivity index (χ2n) is 7.79. The van der Waals surface area contributed by atoms with Crippen LogP contribution >= 0.6 is 0 Å². The summed E-state index contributed by atoms with van der Waals surface area (Å²) in [4.78, 5) is 15.1. The van der Waals surface area contributed by atoms with Gasteiger partial charge < -0.3 is 31.0 Å². The number of fused-ring (bicyclic) bond motifs is 1. The summed E-state index contributed by atoms with van der Waals surface area (Å²) in [5, 5.41) is 1.00. The van der Waals surface area contributed by atoms with Crippen LogP contribution in [0.4, 0.5) is 0 Å². The van der Waals surface area contributed by atoms with Crippen molar-refractivity contribution in [1.29, 1.82) is 0 Å². The normalized spacial score (nSPS) is 27.7. The number of hydrogen-bond donors (Lipinski definition) is 0. The molecule has 0 spiro atoms. The van der Waals surface area contributed by atoms with E-state index in [0.717, 1.165) is 30.5 Å². The predicted octanol–water partition coefficient (Wildman–Crippen LogP) is 0.179. The van der Waals surface area contributed by atoms with Crippen LogP contribution in [-0.4, -0.2) is 62.5 Å². The topological polar surface area (TPSA) is 61.1 Å². The number of likely N-dealkylation sites (tertiary alicyclic amines) is 1. The highest BCUT2D eigenvalue weighted by molar-refractivity contribution is 5.80. The maximum atomic E-state index is 12.7. The number of esters is 1. The molecule has 1 aliphatic carbocycles. The Morgan fingerprint density at radius 2 is 1.76 bits per heavy atom. The van der Waals surface area contributed by atoms with E-state index in [1.807, 2.05) is 30.3 Å². The number of nitrogens with zero attached hydrogens (tertiary/aromatic N) is 1. The number of methoxy groups -OCH3 is 2. The van der Waals surface area contributed by atoms with E-state index in [4.69, 9.17) is 18.6 Å². The van der Waals surface area contributed by atoms with Crippen molar-refractivity contribution in [2.24, 2.45) is 0 Å². The quantitative estimate of drug-likeness (QED) is 0.619. The van der Waals surface area contributed by atoms with E-state index in [0.29, 0.717) is 12.2 Å². The molecule has 0 N–H and O–H groups in total. The minimum Gasteiger partial charge on any atom is -1.00 e. The lowest BCUT2D eigenvalue weighted by atomic mass is 9.86. The molecule has 4 atom stereocenters. The lowest BCUT2D eigenvalue weighted by Gasteiger charge is -2.43. The van der Waals surface area contributed by atoms with Gasteiger partial charge >= 0.3 is 5.97 Å². The molecule has 1 aliphatic heterocycles.